The number of aromatic nitrogens is 4. The van der Waals surface area contributed by atoms with Crippen LogP contribution >= 0.6 is 22.9 Å². The van der Waals surface area contributed by atoms with Gasteiger partial charge in [0.15, 0.2) is 0 Å². The summed E-state index contributed by atoms with van der Waals surface area (Å²) in [6.45, 7) is 0. The van der Waals surface area contributed by atoms with Crippen LogP contribution in [-0.4, -0.2) is 27.9 Å². The van der Waals surface area contributed by atoms with Crippen LogP contribution in [0.25, 0.3) is 5.82 Å². The Morgan fingerprint density at radius 1 is 1.29 bits per heavy atom. The molecule has 7 nitrogen and oxygen atoms in total. The second-order valence-corrected chi connectivity index (χ2v) is 7.52. The standard InChI is InChI=1S/C11H8ClN5O2S2/c12-8-1-2-11(20-8)21(18,19)16-9-5-10(15-6-14-9)17-4-3-13-7-17/h1-7H,(H,14,15,16). The average molecular weight is 342 g/mol. The molecule has 108 valence electrons. The minimum absolute atomic E-state index is 0.121. The molecule has 3 aromatic heterocycles. The van der Waals surface area contributed by atoms with Crippen molar-refractivity contribution in [2.45, 2.75) is 4.21 Å². The summed E-state index contributed by atoms with van der Waals surface area (Å²) in [5.41, 5.74) is 0. The van der Waals surface area contributed by atoms with E-state index in [0.29, 0.717) is 10.2 Å². The number of anilines is 1. The SMILES string of the molecule is O=S(=O)(Nc1cc(-n2ccnc2)ncn1)c1ccc(Cl)s1. The third-order valence-electron chi connectivity index (χ3n) is 2.47. The monoisotopic (exact) mass is 341 g/mol. The van der Waals surface area contributed by atoms with Gasteiger partial charge < -0.3 is 0 Å². The fourth-order valence-corrected chi connectivity index (χ4v) is 4.05. The number of nitrogens with zero attached hydrogens (tertiary/aromatic N) is 4. The summed E-state index contributed by atoms with van der Waals surface area (Å²) < 4.78 is 28.9. The highest BCUT2D eigenvalue weighted by Gasteiger charge is 2.17. The molecule has 0 radical (unpaired) electrons. The molecule has 0 atom stereocenters. The van der Waals surface area contributed by atoms with Crippen LogP contribution in [0.4, 0.5) is 5.82 Å². The molecule has 0 aliphatic heterocycles. The molecular formula is C11H8ClN5O2S2. The maximum Gasteiger partial charge on any atom is 0.272 e. The Morgan fingerprint density at radius 2 is 2.14 bits per heavy atom. The highest BCUT2D eigenvalue weighted by Crippen LogP contribution is 2.26. The zero-order valence-electron chi connectivity index (χ0n) is 10.3. The van der Waals surface area contributed by atoms with Crippen LogP contribution in [-0.2, 0) is 10.0 Å². The molecule has 0 fully saturated rings. The summed E-state index contributed by atoms with van der Waals surface area (Å²) in [6.07, 6.45) is 6.12. The molecule has 0 unspecified atom stereocenters. The Balaban J connectivity index is 1.90. The zero-order valence-corrected chi connectivity index (χ0v) is 12.7. The van der Waals surface area contributed by atoms with Crippen molar-refractivity contribution in [2.24, 2.45) is 0 Å². The van der Waals surface area contributed by atoms with Gasteiger partial charge in [0.25, 0.3) is 10.0 Å². The van der Waals surface area contributed by atoms with E-state index in [1.54, 1.807) is 23.3 Å². The van der Waals surface area contributed by atoms with Gasteiger partial charge in [0.05, 0.1) is 4.34 Å². The van der Waals surface area contributed by atoms with Gasteiger partial charge in [-0.05, 0) is 12.1 Å². The first-order valence-corrected chi connectivity index (χ1v) is 8.31. The van der Waals surface area contributed by atoms with Gasteiger partial charge in [0, 0.05) is 18.5 Å². The first kappa shape index (κ1) is 14.0. The summed E-state index contributed by atoms with van der Waals surface area (Å²) in [6, 6.07) is 4.47. The van der Waals surface area contributed by atoms with Crippen LogP contribution in [0, 0.1) is 0 Å². The molecule has 0 saturated heterocycles. The highest BCUT2D eigenvalue weighted by atomic mass is 35.5. The van der Waals surface area contributed by atoms with E-state index >= 15 is 0 Å². The first-order valence-electron chi connectivity index (χ1n) is 5.63. The van der Waals surface area contributed by atoms with E-state index in [9.17, 15) is 8.42 Å². The van der Waals surface area contributed by atoms with Crippen LogP contribution in [0.15, 0.2) is 47.5 Å². The van der Waals surface area contributed by atoms with Crippen molar-refractivity contribution >= 4 is 38.8 Å². The number of rotatable bonds is 4. The smallest absolute Gasteiger partial charge is 0.272 e. The fraction of sp³-hybridized carbons (Fsp3) is 0. The van der Waals surface area contributed by atoms with E-state index in [0.717, 1.165) is 11.3 Å². The lowest BCUT2D eigenvalue weighted by molar-refractivity contribution is 0.603. The van der Waals surface area contributed by atoms with Crippen molar-refractivity contribution in [1.82, 2.24) is 19.5 Å². The minimum atomic E-state index is -3.71. The van der Waals surface area contributed by atoms with Crippen molar-refractivity contribution < 1.29 is 8.42 Å². The molecule has 0 aliphatic rings. The van der Waals surface area contributed by atoms with Gasteiger partial charge in [-0.3, -0.25) is 9.29 Å². The van der Waals surface area contributed by atoms with E-state index in [1.165, 1.54) is 24.5 Å². The second kappa shape index (κ2) is 5.43. The molecule has 10 heteroatoms. The molecular weight excluding hydrogens is 334 g/mol. The van der Waals surface area contributed by atoms with E-state index < -0.39 is 10.0 Å². The Kier molecular flexibility index (Phi) is 3.62. The lowest BCUT2D eigenvalue weighted by Crippen LogP contribution is -2.13. The van der Waals surface area contributed by atoms with Gasteiger partial charge in [0.1, 0.15) is 28.5 Å². The second-order valence-electron chi connectivity index (χ2n) is 3.90. The lowest BCUT2D eigenvalue weighted by atomic mass is 10.5. The van der Waals surface area contributed by atoms with Crippen LogP contribution in [0.2, 0.25) is 4.34 Å². The Hall–Kier alpha value is -1.97. The van der Waals surface area contributed by atoms with Crippen LogP contribution in [0.1, 0.15) is 0 Å². The molecule has 0 spiro atoms. The predicted octanol–water partition coefficient (Wildman–Crippen LogP) is 2.18. The van der Waals surface area contributed by atoms with Crippen molar-refractivity contribution in [3.05, 3.63) is 47.6 Å². The molecule has 3 aromatic rings. The van der Waals surface area contributed by atoms with Crippen LogP contribution in [0.5, 0.6) is 0 Å². The molecule has 0 aromatic carbocycles. The molecule has 0 aliphatic carbocycles. The first-order chi connectivity index (χ1) is 10.0. The van der Waals surface area contributed by atoms with E-state index in [2.05, 4.69) is 19.7 Å². The normalized spacial score (nSPS) is 11.5. The van der Waals surface area contributed by atoms with Crippen molar-refractivity contribution in [3.63, 3.8) is 0 Å². The topological polar surface area (TPSA) is 89.8 Å². The molecule has 0 bridgehead atoms. The summed E-state index contributed by atoms with van der Waals surface area (Å²) in [5, 5.41) is 0. The van der Waals surface area contributed by atoms with Crippen molar-refractivity contribution in [3.8, 4) is 5.82 Å². The number of nitrogens with one attached hydrogen (secondary N) is 1. The fourth-order valence-electron chi connectivity index (χ4n) is 1.57. The molecule has 3 heterocycles. The summed E-state index contributed by atoms with van der Waals surface area (Å²) in [5.74, 6) is 0.669. The Bertz CT molecular complexity index is 860. The van der Waals surface area contributed by atoms with Gasteiger partial charge >= 0.3 is 0 Å². The molecule has 21 heavy (non-hydrogen) atoms. The van der Waals surface area contributed by atoms with Gasteiger partial charge in [-0.15, -0.1) is 11.3 Å². The number of thiophene rings is 1. The zero-order chi connectivity index (χ0) is 14.9. The molecule has 3 rings (SSSR count). The Morgan fingerprint density at radius 3 is 2.81 bits per heavy atom. The van der Waals surface area contributed by atoms with Gasteiger partial charge in [-0.2, -0.15) is 0 Å². The maximum atomic E-state index is 12.2. The lowest BCUT2D eigenvalue weighted by Gasteiger charge is -2.06. The number of imidazole rings is 1. The van der Waals surface area contributed by atoms with Crippen LogP contribution in [0.3, 0.4) is 0 Å². The quantitative estimate of drug-likeness (QED) is 0.785. The molecule has 0 amide bonds. The van der Waals surface area contributed by atoms with Gasteiger partial charge in [-0.1, -0.05) is 11.6 Å². The molecule has 0 saturated carbocycles. The number of halogens is 1. The average Bonchev–Trinajstić information content (AvgIpc) is 3.09. The highest BCUT2D eigenvalue weighted by molar-refractivity contribution is 7.94. The van der Waals surface area contributed by atoms with Crippen molar-refractivity contribution in [1.29, 1.82) is 0 Å². The predicted molar refractivity (Wildman–Crippen MR) is 79.3 cm³/mol. The van der Waals surface area contributed by atoms with Crippen molar-refractivity contribution in [2.75, 3.05) is 4.72 Å². The number of sulfonamides is 1. The third kappa shape index (κ3) is 3.04. The van der Waals surface area contributed by atoms with Gasteiger partial charge in [-0.25, -0.2) is 23.4 Å². The number of hydrogen-bond donors (Lipinski definition) is 1. The number of hydrogen-bond acceptors (Lipinski definition) is 6. The minimum Gasteiger partial charge on any atom is -0.290 e. The van der Waals surface area contributed by atoms with E-state index in [4.69, 9.17) is 11.6 Å². The van der Waals surface area contributed by atoms with E-state index in [1.807, 2.05) is 0 Å². The summed E-state index contributed by atoms with van der Waals surface area (Å²) >= 11 is 6.72. The maximum absolute atomic E-state index is 12.2. The van der Waals surface area contributed by atoms with E-state index in [-0.39, 0.29) is 10.0 Å². The molecule has 1 N–H and O–H groups in total. The summed E-state index contributed by atoms with van der Waals surface area (Å²) in [4.78, 5) is 11.9. The van der Waals surface area contributed by atoms with Gasteiger partial charge in [0.2, 0.25) is 0 Å². The summed E-state index contributed by atoms with van der Waals surface area (Å²) in [7, 11) is -3.71. The third-order valence-corrected chi connectivity index (χ3v) is 5.55. The largest absolute Gasteiger partial charge is 0.290 e. The van der Waals surface area contributed by atoms with Crippen LogP contribution < -0.4 is 4.72 Å². The Labute approximate surface area is 129 Å².